The molecule has 2 aromatic rings. The molecule has 1 atom stereocenters. The quantitative estimate of drug-likeness (QED) is 0.704. The number of aromatic nitrogens is 3. The predicted molar refractivity (Wildman–Crippen MR) is 93.1 cm³/mol. The van der Waals surface area contributed by atoms with E-state index in [-0.39, 0.29) is 0 Å². The molecule has 0 saturated heterocycles. The van der Waals surface area contributed by atoms with Gasteiger partial charge in [0.2, 0.25) is 0 Å². The second-order valence-electron chi connectivity index (χ2n) is 5.38. The van der Waals surface area contributed by atoms with E-state index in [1.54, 1.807) is 6.20 Å². The van der Waals surface area contributed by atoms with Gasteiger partial charge in [-0.2, -0.15) is 5.10 Å². The normalized spacial score (nSPS) is 14.0. The van der Waals surface area contributed by atoms with Crippen LogP contribution in [-0.4, -0.2) is 14.8 Å². The van der Waals surface area contributed by atoms with Crippen LogP contribution in [0.3, 0.4) is 0 Å². The molecule has 2 aromatic heterocycles. The van der Waals surface area contributed by atoms with E-state index < -0.39 is 0 Å². The van der Waals surface area contributed by atoms with Crippen molar-refractivity contribution in [1.29, 1.82) is 0 Å². The molecule has 0 aliphatic heterocycles. The van der Waals surface area contributed by atoms with Crippen LogP contribution in [0.2, 0.25) is 0 Å². The number of nitrogens with zero attached hydrogens (tertiary/aromatic N) is 3. The van der Waals surface area contributed by atoms with Gasteiger partial charge in [0.15, 0.2) is 0 Å². The molecular weight excluding hydrogens is 270 g/mol. The van der Waals surface area contributed by atoms with Gasteiger partial charge in [-0.25, -0.2) is 4.68 Å². The van der Waals surface area contributed by atoms with E-state index in [0.717, 1.165) is 23.4 Å². The van der Waals surface area contributed by atoms with Crippen molar-refractivity contribution in [1.82, 2.24) is 14.8 Å². The maximum atomic E-state index is 4.41. The number of allylic oxidation sites excluding steroid dienone is 5. The summed E-state index contributed by atoms with van der Waals surface area (Å²) in [6.07, 6.45) is 12.9. The van der Waals surface area contributed by atoms with Gasteiger partial charge in [-0.15, -0.1) is 0 Å². The van der Waals surface area contributed by atoms with Crippen molar-refractivity contribution in [2.45, 2.75) is 27.2 Å². The summed E-state index contributed by atoms with van der Waals surface area (Å²) in [5, 5.41) is 4.41. The third-order valence-electron chi connectivity index (χ3n) is 3.84. The monoisotopic (exact) mass is 293 g/mol. The van der Waals surface area contributed by atoms with E-state index in [2.05, 4.69) is 42.7 Å². The summed E-state index contributed by atoms with van der Waals surface area (Å²) in [7, 11) is 0. The third-order valence-corrected chi connectivity index (χ3v) is 3.84. The largest absolute Gasteiger partial charge is 0.256 e. The number of pyridine rings is 1. The molecule has 114 valence electrons. The zero-order valence-electron chi connectivity index (χ0n) is 13.5. The summed E-state index contributed by atoms with van der Waals surface area (Å²) in [4.78, 5) is 4.35. The number of hydrogen-bond acceptors (Lipinski definition) is 2. The fourth-order valence-electron chi connectivity index (χ4n) is 2.14. The highest BCUT2D eigenvalue weighted by Gasteiger charge is 2.04. The molecule has 0 bridgehead atoms. The van der Waals surface area contributed by atoms with Crippen molar-refractivity contribution >= 4 is 5.70 Å². The van der Waals surface area contributed by atoms with Crippen LogP contribution < -0.4 is 0 Å². The van der Waals surface area contributed by atoms with Crippen molar-refractivity contribution < 1.29 is 0 Å². The van der Waals surface area contributed by atoms with Crippen LogP contribution in [0, 0.1) is 5.92 Å². The lowest BCUT2D eigenvalue weighted by Gasteiger charge is -2.08. The fourth-order valence-corrected chi connectivity index (χ4v) is 2.14. The third kappa shape index (κ3) is 3.82. The molecule has 0 amide bonds. The van der Waals surface area contributed by atoms with Crippen LogP contribution in [0.1, 0.15) is 27.2 Å². The zero-order valence-corrected chi connectivity index (χ0v) is 13.5. The minimum atomic E-state index is 0.517. The summed E-state index contributed by atoms with van der Waals surface area (Å²) in [5.74, 6) is 0.517. The Balaban J connectivity index is 2.21. The van der Waals surface area contributed by atoms with Crippen LogP contribution >= 0.6 is 0 Å². The lowest BCUT2D eigenvalue weighted by Crippen LogP contribution is -1.96. The predicted octanol–water partition coefficient (Wildman–Crippen LogP) is 4.96. The molecule has 3 heteroatoms. The van der Waals surface area contributed by atoms with Crippen LogP contribution in [-0.2, 0) is 0 Å². The first-order valence-electron chi connectivity index (χ1n) is 7.63. The van der Waals surface area contributed by atoms with Crippen molar-refractivity contribution in [2.24, 2.45) is 5.92 Å². The summed E-state index contributed by atoms with van der Waals surface area (Å²) in [5.41, 5.74) is 4.26. The molecule has 0 spiro atoms. The molecule has 0 aromatic carbocycles. The minimum Gasteiger partial charge on any atom is -0.256 e. The SMILES string of the molecule is C=C/C(=C\C=C(/C)n1cc(-c2ccccn2)cn1)C(C)CC. The number of rotatable bonds is 6. The topological polar surface area (TPSA) is 30.7 Å². The molecule has 0 N–H and O–H groups in total. The molecule has 2 rings (SSSR count). The first kappa shape index (κ1) is 16.0. The molecule has 22 heavy (non-hydrogen) atoms. The van der Waals surface area contributed by atoms with Crippen molar-refractivity contribution in [3.8, 4) is 11.3 Å². The Kier molecular flexibility index (Phi) is 5.48. The van der Waals surface area contributed by atoms with E-state index in [0.29, 0.717) is 5.92 Å². The molecule has 3 nitrogen and oxygen atoms in total. The smallest absolute Gasteiger partial charge is 0.0733 e. The van der Waals surface area contributed by atoms with Crippen molar-refractivity contribution in [2.75, 3.05) is 0 Å². The Bertz CT molecular complexity index is 678. The highest BCUT2D eigenvalue weighted by atomic mass is 15.3. The van der Waals surface area contributed by atoms with Crippen LogP contribution in [0.15, 0.2) is 67.2 Å². The molecule has 0 saturated carbocycles. The Labute approximate surface area is 132 Å². The van der Waals surface area contributed by atoms with E-state index in [9.17, 15) is 0 Å². The highest BCUT2D eigenvalue weighted by molar-refractivity contribution is 5.58. The minimum absolute atomic E-state index is 0.517. The van der Waals surface area contributed by atoms with Crippen LogP contribution in [0.25, 0.3) is 17.0 Å². The Morgan fingerprint density at radius 2 is 2.18 bits per heavy atom. The second-order valence-corrected chi connectivity index (χ2v) is 5.38. The number of hydrogen-bond donors (Lipinski definition) is 0. The van der Waals surface area contributed by atoms with Gasteiger partial charge in [0.1, 0.15) is 0 Å². The molecule has 0 fully saturated rings. The highest BCUT2D eigenvalue weighted by Crippen LogP contribution is 2.18. The molecule has 0 aliphatic rings. The van der Waals surface area contributed by atoms with Gasteiger partial charge in [-0.05, 0) is 43.0 Å². The van der Waals surface area contributed by atoms with Gasteiger partial charge in [0, 0.05) is 23.7 Å². The van der Waals surface area contributed by atoms with Gasteiger partial charge in [-0.1, -0.05) is 38.6 Å². The standard InChI is InChI=1S/C19H23N3/c1-5-15(3)17(6-2)11-10-16(4)22-14-18(13-21-22)19-9-7-8-12-20-19/h6-15H,2,5H2,1,3-4H3/b16-10+,17-11+. The first-order valence-corrected chi connectivity index (χ1v) is 7.63. The molecular formula is C19H23N3. The van der Waals surface area contributed by atoms with Gasteiger partial charge >= 0.3 is 0 Å². The van der Waals surface area contributed by atoms with E-state index in [1.165, 1.54) is 5.57 Å². The second kappa shape index (κ2) is 7.55. The molecule has 0 aliphatic carbocycles. The Morgan fingerprint density at radius 3 is 2.82 bits per heavy atom. The van der Waals surface area contributed by atoms with Gasteiger partial charge in [0.25, 0.3) is 0 Å². The molecule has 1 unspecified atom stereocenters. The van der Waals surface area contributed by atoms with Crippen molar-refractivity contribution in [3.05, 3.63) is 67.2 Å². The van der Waals surface area contributed by atoms with E-state index >= 15 is 0 Å². The maximum absolute atomic E-state index is 4.41. The van der Waals surface area contributed by atoms with Crippen LogP contribution in [0.5, 0.6) is 0 Å². The van der Waals surface area contributed by atoms with Gasteiger partial charge in [-0.3, -0.25) is 4.98 Å². The molecule has 0 radical (unpaired) electrons. The van der Waals surface area contributed by atoms with Crippen molar-refractivity contribution in [3.63, 3.8) is 0 Å². The average molecular weight is 293 g/mol. The fraction of sp³-hybridized carbons (Fsp3) is 0.263. The van der Waals surface area contributed by atoms with Crippen LogP contribution in [0.4, 0.5) is 0 Å². The lowest BCUT2D eigenvalue weighted by molar-refractivity contribution is 0.671. The summed E-state index contributed by atoms with van der Waals surface area (Å²) < 4.78 is 1.87. The Morgan fingerprint density at radius 1 is 1.36 bits per heavy atom. The first-order chi connectivity index (χ1) is 10.7. The van der Waals surface area contributed by atoms with E-state index in [4.69, 9.17) is 0 Å². The van der Waals surface area contributed by atoms with Gasteiger partial charge in [0.05, 0.1) is 11.9 Å². The van der Waals surface area contributed by atoms with Gasteiger partial charge < -0.3 is 0 Å². The lowest BCUT2D eigenvalue weighted by atomic mass is 9.98. The maximum Gasteiger partial charge on any atom is 0.0733 e. The Hall–Kier alpha value is -2.42. The summed E-state index contributed by atoms with van der Waals surface area (Å²) in [6, 6.07) is 5.88. The summed E-state index contributed by atoms with van der Waals surface area (Å²) >= 11 is 0. The summed E-state index contributed by atoms with van der Waals surface area (Å²) in [6.45, 7) is 10.3. The van der Waals surface area contributed by atoms with E-state index in [1.807, 2.05) is 48.3 Å². The molecule has 2 heterocycles. The average Bonchev–Trinajstić information content (AvgIpc) is 3.05. The zero-order chi connectivity index (χ0) is 15.9.